The fraction of sp³-hybridized carbons (Fsp3) is 1.00. The number of rotatable bonds is 1. The molecular formula is C8F17N. The Labute approximate surface area is 129 Å². The summed E-state index contributed by atoms with van der Waals surface area (Å²) in [6, 6.07) is -16.2. The lowest BCUT2D eigenvalue weighted by atomic mass is 9.91. The Balaban J connectivity index is 4.06. The van der Waals surface area contributed by atoms with Gasteiger partial charge in [-0.1, -0.05) is 0 Å². The predicted molar refractivity (Wildman–Crippen MR) is 42.5 cm³/mol. The molecule has 0 aromatic rings. The summed E-state index contributed by atoms with van der Waals surface area (Å²) in [6.45, 7) is 0. The summed E-state index contributed by atoms with van der Waals surface area (Å²) >= 11 is 0. The molecule has 0 saturated carbocycles. The number of nitrogens with zero attached hydrogens (tertiary/aromatic N) is 1. The number of piperidine rings is 1. The van der Waals surface area contributed by atoms with Gasteiger partial charge in [0.05, 0.1) is 0 Å². The summed E-state index contributed by atoms with van der Waals surface area (Å²) in [6.07, 6.45) is -16.0. The van der Waals surface area contributed by atoms with Crippen LogP contribution in [0.3, 0.4) is 0 Å². The maximum absolute atomic E-state index is 13.4. The SMILES string of the molecule is FC(F)(F)C(F)(N1C(F)(F)C(F)(F)C(F)(F)C(F)(F)C1(F)F)C(F)(F)F. The molecule has 0 radical (unpaired) electrons. The van der Waals surface area contributed by atoms with E-state index in [0.29, 0.717) is 0 Å². The molecule has 0 atom stereocenters. The van der Waals surface area contributed by atoms with Crippen molar-refractivity contribution in [2.45, 2.75) is 48.0 Å². The van der Waals surface area contributed by atoms with Gasteiger partial charge in [0.25, 0.3) is 0 Å². The van der Waals surface area contributed by atoms with Crippen LogP contribution in [0.2, 0.25) is 0 Å². The van der Waals surface area contributed by atoms with E-state index in [1.807, 2.05) is 0 Å². The summed E-state index contributed by atoms with van der Waals surface area (Å²) in [4.78, 5) is -4.62. The lowest BCUT2D eigenvalue weighted by Gasteiger charge is -2.54. The molecule has 0 amide bonds. The molecule has 1 heterocycles. The second-order valence-electron chi connectivity index (χ2n) is 4.76. The predicted octanol–water partition coefficient (Wildman–Crippen LogP) is 5.18. The number of likely N-dealkylation sites (tertiary alicyclic amines) is 1. The van der Waals surface area contributed by atoms with Crippen LogP contribution in [-0.2, 0) is 0 Å². The van der Waals surface area contributed by atoms with Crippen LogP contribution < -0.4 is 0 Å². The number of hydrogen-bond donors (Lipinski definition) is 0. The normalized spacial score (nSPS) is 28.0. The zero-order valence-electron chi connectivity index (χ0n) is 10.9. The molecule has 0 aliphatic carbocycles. The van der Waals surface area contributed by atoms with Gasteiger partial charge in [0.2, 0.25) is 0 Å². The lowest BCUT2D eigenvalue weighted by Crippen LogP contribution is -2.87. The minimum atomic E-state index is -8.27. The second-order valence-corrected chi connectivity index (χ2v) is 4.76. The van der Waals surface area contributed by atoms with Gasteiger partial charge in [0.1, 0.15) is 0 Å². The van der Waals surface area contributed by atoms with Crippen molar-refractivity contribution in [2.75, 3.05) is 0 Å². The van der Waals surface area contributed by atoms with Crippen molar-refractivity contribution < 1.29 is 74.6 Å². The minimum Gasteiger partial charge on any atom is -0.205 e. The van der Waals surface area contributed by atoms with Gasteiger partial charge >= 0.3 is 48.0 Å². The monoisotopic (exact) mass is 433 g/mol. The van der Waals surface area contributed by atoms with Crippen molar-refractivity contribution in [3.05, 3.63) is 0 Å². The highest BCUT2D eigenvalue weighted by molar-refractivity contribution is 5.18. The highest BCUT2D eigenvalue weighted by atomic mass is 19.4. The average molecular weight is 433 g/mol. The molecule has 1 aliphatic rings. The summed E-state index contributed by atoms with van der Waals surface area (Å²) in [5, 5.41) is 0. The van der Waals surface area contributed by atoms with Crippen LogP contribution in [0.4, 0.5) is 74.6 Å². The largest absolute Gasteiger partial charge is 0.446 e. The van der Waals surface area contributed by atoms with Gasteiger partial charge in [0, 0.05) is 0 Å². The van der Waals surface area contributed by atoms with E-state index in [9.17, 15) is 74.6 Å². The molecular weight excluding hydrogens is 433 g/mol. The summed E-state index contributed by atoms with van der Waals surface area (Å²) in [7, 11) is 0. The van der Waals surface area contributed by atoms with Gasteiger partial charge in [-0.15, -0.1) is 4.90 Å². The van der Waals surface area contributed by atoms with Crippen molar-refractivity contribution in [1.29, 1.82) is 0 Å². The molecule has 0 unspecified atom stereocenters. The maximum Gasteiger partial charge on any atom is 0.446 e. The van der Waals surface area contributed by atoms with Crippen LogP contribution in [-0.4, -0.2) is 52.9 Å². The Morgan fingerprint density at radius 2 is 0.654 bits per heavy atom. The van der Waals surface area contributed by atoms with Gasteiger partial charge in [-0.2, -0.15) is 70.2 Å². The quantitative estimate of drug-likeness (QED) is 0.407. The number of hydrogen-bond acceptors (Lipinski definition) is 1. The second kappa shape index (κ2) is 4.98. The van der Waals surface area contributed by atoms with Crippen molar-refractivity contribution in [2.24, 2.45) is 0 Å². The minimum absolute atomic E-state index is 4.62. The summed E-state index contributed by atoms with van der Waals surface area (Å²) in [5.41, 5.74) is 0. The van der Waals surface area contributed by atoms with Crippen molar-refractivity contribution in [3.8, 4) is 0 Å². The molecule has 18 heteroatoms. The molecule has 0 aromatic heterocycles. The molecule has 1 rings (SSSR count). The van der Waals surface area contributed by atoms with Gasteiger partial charge < -0.3 is 0 Å². The van der Waals surface area contributed by atoms with Crippen molar-refractivity contribution in [3.63, 3.8) is 0 Å². The van der Waals surface area contributed by atoms with Crippen LogP contribution in [0.5, 0.6) is 0 Å². The Morgan fingerprint density at radius 3 is 0.846 bits per heavy atom. The Hall–Kier alpha value is -1.23. The molecule has 0 aromatic carbocycles. The molecule has 26 heavy (non-hydrogen) atoms. The van der Waals surface area contributed by atoms with Crippen molar-refractivity contribution >= 4 is 0 Å². The Kier molecular flexibility index (Phi) is 4.36. The number of alkyl halides is 17. The van der Waals surface area contributed by atoms with E-state index in [0.717, 1.165) is 0 Å². The summed E-state index contributed by atoms with van der Waals surface area (Å²) in [5.74, 6) is -32.1. The van der Waals surface area contributed by atoms with E-state index in [2.05, 4.69) is 0 Å². The first-order valence-electron chi connectivity index (χ1n) is 5.38. The van der Waals surface area contributed by atoms with E-state index in [-0.39, 0.29) is 0 Å². The summed E-state index contributed by atoms with van der Waals surface area (Å²) < 4.78 is 217. The molecule has 1 saturated heterocycles. The molecule has 156 valence electrons. The zero-order chi connectivity index (χ0) is 21.6. The van der Waals surface area contributed by atoms with Gasteiger partial charge in [-0.3, -0.25) is 0 Å². The standard InChI is InChI=1S/C8F17N/c9-1(10)2(11,12)7(22,23)26(8(24,25)3(1,13)14)4(15,5(16,17)18)6(19,20)21. The molecule has 0 spiro atoms. The maximum atomic E-state index is 13.4. The first-order valence-corrected chi connectivity index (χ1v) is 5.38. The first kappa shape index (κ1) is 22.8. The average Bonchev–Trinajstić information content (AvgIpc) is 2.33. The molecule has 0 N–H and O–H groups in total. The third-order valence-corrected chi connectivity index (χ3v) is 3.17. The molecule has 1 nitrogen and oxygen atoms in total. The first-order chi connectivity index (χ1) is 10.9. The zero-order valence-corrected chi connectivity index (χ0v) is 10.9. The van der Waals surface area contributed by atoms with E-state index in [1.165, 1.54) is 0 Å². The third kappa shape index (κ3) is 2.15. The fourth-order valence-electron chi connectivity index (χ4n) is 1.83. The molecule has 1 aliphatic heterocycles. The Morgan fingerprint density at radius 1 is 0.423 bits per heavy atom. The van der Waals surface area contributed by atoms with E-state index in [4.69, 9.17) is 0 Å². The van der Waals surface area contributed by atoms with Crippen LogP contribution in [0, 0.1) is 0 Å². The third-order valence-electron chi connectivity index (χ3n) is 3.17. The highest BCUT2D eigenvalue weighted by Crippen LogP contribution is 2.68. The molecule has 1 fully saturated rings. The van der Waals surface area contributed by atoms with Gasteiger partial charge in [-0.05, 0) is 0 Å². The van der Waals surface area contributed by atoms with Crippen LogP contribution in [0.15, 0.2) is 0 Å². The van der Waals surface area contributed by atoms with E-state index < -0.39 is 52.9 Å². The fourth-order valence-corrected chi connectivity index (χ4v) is 1.83. The topological polar surface area (TPSA) is 3.24 Å². The van der Waals surface area contributed by atoms with E-state index in [1.54, 1.807) is 0 Å². The number of halogens is 17. The highest BCUT2D eigenvalue weighted by Gasteiger charge is 3.00. The van der Waals surface area contributed by atoms with Crippen LogP contribution in [0.1, 0.15) is 0 Å². The lowest BCUT2D eigenvalue weighted by molar-refractivity contribution is -0.557. The van der Waals surface area contributed by atoms with Crippen LogP contribution in [0.25, 0.3) is 0 Å². The smallest absolute Gasteiger partial charge is 0.205 e. The molecule has 0 bridgehead atoms. The van der Waals surface area contributed by atoms with Crippen molar-refractivity contribution in [1.82, 2.24) is 4.90 Å². The Bertz CT molecular complexity index is 522. The van der Waals surface area contributed by atoms with Gasteiger partial charge in [-0.25, -0.2) is 4.39 Å². The van der Waals surface area contributed by atoms with Gasteiger partial charge in [0.15, 0.2) is 0 Å². The van der Waals surface area contributed by atoms with E-state index >= 15 is 0 Å². The van der Waals surface area contributed by atoms with Crippen LogP contribution >= 0.6 is 0 Å².